The number of hydrogen-bond donors (Lipinski definition) is 2. The van der Waals surface area contributed by atoms with Crippen LogP contribution in [0.3, 0.4) is 0 Å². The number of nitrogens with two attached hydrogens (primary N) is 1. The molecule has 0 unspecified atom stereocenters. The Morgan fingerprint density at radius 3 is 1.85 bits per heavy atom. The first-order valence-corrected chi connectivity index (χ1v) is 7.66. The number of nitrogen functional groups attached to an aromatic ring is 1. The van der Waals surface area contributed by atoms with Crippen molar-refractivity contribution in [1.29, 1.82) is 0 Å². The standard InChI is InChI=1S/C13H18F2N2O2S/c1-12(2)11(13(12,3)4)17-20(18,19)10-8(14)5-7(16)6-9(10)15/h5-6,11,17H,16H2,1-4H3. The molecule has 1 saturated carbocycles. The number of nitrogens with one attached hydrogen (secondary N) is 1. The van der Waals surface area contributed by atoms with Gasteiger partial charge < -0.3 is 5.73 Å². The average Bonchev–Trinajstić information content (AvgIpc) is 2.58. The maximum absolute atomic E-state index is 13.7. The molecule has 0 radical (unpaired) electrons. The van der Waals surface area contributed by atoms with E-state index >= 15 is 0 Å². The second kappa shape index (κ2) is 4.14. The summed E-state index contributed by atoms with van der Waals surface area (Å²) in [5.41, 5.74) is 4.56. The van der Waals surface area contributed by atoms with Crippen molar-refractivity contribution in [3.05, 3.63) is 23.8 Å². The molecule has 7 heteroatoms. The molecule has 0 heterocycles. The average molecular weight is 304 g/mol. The van der Waals surface area contributed by atoms with E-state index in [4.69, 9.17) is 5.73 Å². The monoisotopic (exact) mass is 304 g/mol. The van der Waals surface area contributed by atoms with Gasteiger partial charge in [-0.3, -0.25) is 0 Å². The number of sulfonamides is 1. The molecule has 0 atom stereocenters. The molecule has 1 aromatic carbocycles. The molecule has 112 valence electrons. The van der Waals surface area contributed by atoms with Crippen molar-refractivity contribution in [2.45, 2.75) is 38.6 Å². The van der Waals surface area contributed by atoms with Crippen LogP contribution in [0.2, 0.25) is 0 Å². The van der Waals surface area contributed by atoms with Crippen LogP contribution in [0.1, 0.15) is 27.7 Å². The van der Waals surface area contributed by atoms with E-state index in [9.17, 15) is 17.2 Å². The van der Waals surface area contributed by atoms with Gasteiger partial charge in [-0.25, -0.2) is 21.9 Å². The molecule has 0 aliphatic heterocycles. The van der Waals surface area contributed by atoms with Crippen molar-refractivity contribution < 1.29 is 17.2 Å². The molecule has 1 aliphatic rings. The second-order valence-electron chi connectivity index (χ2n) is 6.31. The molecule has 3 N–H and O–H groups in total. The zero-order chi connectivity index (χ0) is 15.5. The Bertz CT molecular complexity index is 632. The van der Waals surface area contributed by atoms with Crippen LogP contribution < -0.4 is 10.5 Å². The van der Waals surface area contributed by atoms with E-state index in [-0.39, 0.29) is 22.6 Å². The van der Waals surface area contributed by atoms with Gasteiger partial charge in [0.05, 0.1) is 0 Å². The highest BCUT2D eigenvalue weighted by Crippen LogP contribution is 2.63. The Kier molecular flexibility index (Phi) is 3.15. The Morgan fingerprint density at radius 1 is 1.10 bits per heavy atom. The summed E-state index contributed by atoms with van der Waals surface area (Å²) < 4.78 is 54.2. The maximum atomic E-state index is 13.7. The van der Waals surface area contributed by atoms with Crippen molar-refractivity contribution in [2.24, 2.45) is 10.8 Å². The molecule has 1 aromatic rings. The van der Waals surface area contributed by atoms with Crippen LogP contribution in [0.5, 0.6) is 0 Å². The van der Waals surface area contributed by atoms with E-state index in [1.807, 2.05) is 27.7 Å². The molecule has 0 aromatic heterocycles. The SMILES string of the molecule is CC1(C)C(NS(=O)(=O)c2c(F)cc(N)cc2F)C1(C)C. The van der Waals surface area contributed by atoms with Gasteiger partial charge in [-0.1, -0.05) is 27.7 Å². The lowest BCUT2D eigenvalue weighted by Gasteiger charge is -2.10. The number of anilines is 1. The minimum atomic E-state index is -4.27. The van der Waals surface area contributed by atoms with E-state index in [0.717, 1.165) is 12.1 Å². The van der Waals surface area contributed by atoms with Crippen LogP contribution in [0.15, 0.2) is 17.0 Å². The van der Waals surface area contributed by atoms with E-state index in [0.29, 0.717) is 0 Å². The lowest BCUT2D eigenvalue weighted by Crippen LogP contribution is -2.31. The van der Waals surface area contributed by atoms with Crippen LogP contribution in [0.4, 0.5) is 14.5 Å². The molecule has 2 rings (SSSR count). The van der Waals surface area contributed by atoms with E-state index < -0.39 is 26.6 Å². The normalized spacial score (nSPS) is 20.9. The molecule has 0 spiro atoms. The minimum Gasteiger partial charge on any atom is -0.399 e. The number of rotatable bonds is 3. The first-order chi connectivity index (χ1) is 8.91. The molecule has 1 fully saturated rings. The summed E-state index contributed by atoms with van der Waals surface area (Å²) in [4.78, 5) is -0.981. The van der Waals surface area contributed by atoms with E-state index in [1.54, 1.807) is 0 Å². The fourth-order valence-electron chi connectivity index (χ4n) is 2.54. The van der Waals surface area contributed by atoms with Crippen molar-refractivity contribution in [3.8, 4) is 0 Å². The molecule has 4 nitrogen and oxygen atoms in total. The van der Waals surface area contributed by atoms with Crippen molar-refractivity contribution >= 4 is 15.7 Å². The number of benzene rings is 1. The van der Waals surface area contributed by atoms with Crippen LogP contribution in [0, 0.1) is 22.5 Å². The quantitative estimate of drug-likeness (QED) is 0.841. The van der Waals surface area contributed by atoms with Gasteiger partial charge in [-0.15, -0.1) is 0 Å². The van der Waals surface area contributed by atoms with E-state index in [2.05, 4.69) is 4.72 Å². The lowest BCUT2D eigenvalue weighted by atomic mass is 10.0. The predicted octanol–water partition coefficient (Wildman–Crippen LogP) is 2.26. The van der Waals surface area contributed by atoms with Gasteiger partial charge in [-0.2, -0.15) is 0 Å². The second-order valence-corrected chi connectivity index (χ2v) is 7.96. The zero-order valence-electron chi connectivity index (χ0n) is 11.8. The molecule has 0 amide bonds. The lowest BCUT2D eigenvalue weighted by molar-refractivity contribution is 0.457. The zero-order valence-corrected chi connectivity index (χ0v) is 12.6. The third kappa shape index (κ3) is 2.09. The molecule has 20 heavy (non-hydrogen) atoms. The molecular formula is C13H18F2N2O2S. The molecule has 0 bridgehead atoms. The molecular weight excluding hydrogens is 286 g/mol. The summed E-state index contributed by atoms with van der Waals surface area (Å²) >= 11 is 0. The summed E-state index contributed by atoms with van der Waals surface area (Å²) in [5.74, 6) is -2.38. The highest BCUT2D eigenvalue weighted by molar-refractivity contribution is 7.89. The fourth-order valence-corrected chi connectivity index (χ4v) is 4.19. The van der Waals surface area contributed by atoms with Crippen molar-refractivity contribution in [1.82, 2.24) is 4.72 Å². The third-order valence-corrected chi connectivity index (χ3v) is 6.06. The summed E-state index contributed by atoms with van der Waals surface area (Å²) in [7, 11) is -4.27. The highest BCUT2D eigenvalue weighted by Gasteiger charge is 2.66. The van der Waals surface area contributed by atoms with Crippen LogP contribution in [-0.4, -0.2) is 14.5 Å². The summed E-state index contributed by atoms with van der Waals surface area (Å²) in [6.45, 7) is 7.59. The third-order valence-electron chi connectivity index (χ3n) is 4.58. The first-order valence-electron chi connectivity index (χ1n) is 6.18. The molecule has 0 saturated heterocycles. The minimum absolute atomic E-state index is 0.161. The predicted molar refractivity (Wildman–Crippen MR) is 72.4 cm³/mol. The topological polar surface area (TPSA) is 72.2 Å². The Balaban J connectivity index is 2.39. The summed E-state index contributed by atoms with van der Waals surface area (Å²) in [6.07, 6.45) is 0. The van der Waals surface area contributed by atoms with Gasteiger partial charge in [0, 0.05) is 11.7 Å². The van der Waals surface area contributed by atoms with Crippen molar-refractivity contribution in [3.63, 3.8) is 0 Å². The largest absolute Gasteiger partial charge is 0.399 e. The van der Waals surface area contributed by atoms with Gasteiger partial charge in [0.2, 0.25) is 10.0 Å². The van der Waals surface area contributed by atoms with Gasteiger partial charge in [0.15, 0.2) is 4.90 Å². The van der Waals surface area contributed by atoms with Gasteiger partial charge in [0.25, 0.3) is 0 Å². The number of hydrogen-bond acceptors (Lipinski definition) is 3. The van der Waals surface area contributed by atoms with Crippen LogP contribution in [0.25, 0.3) is 0 Å². The van der Waals surface area contributed by atoms with Gasteiger partial charge in [0.1, 0.15) is 11.6 Å². The van der Waals surface area contributed by atoms with Gasteiger partial charge >= 0.3 is 0 Å². The van der Waals surface area contributed by atoms with Crippen LogP contribution >= 0.6 is 0 Å². The highest BCUT2D eigenvalue weighted by atomic mass is 32.2. The Morgan fingerprint density at radius 2 is 1.50 bits per heavy atom. The number of halogens is 2. The summed E-state index contributed by atoms with van der Waals surface area (Å²) in [5, 5.41) is 0. The molecule has 1 aliphatic carbocycles. The Labute approximate surface area is 117 Å². The maximum Gasteiger partial charge on any atom is 0.246 e. The van der Waals surface area contributed by atoms with Crippen LogP contribution in [-0.2, 0) is 10.0 Å². The Hall–Kier alpha value is -1.21. The smallest absolute Gasteiger partial charge is 0.246 e. The summed E-state index contributed by atoms with van der Waals surface area (Å²) in [6, 6.07) is 1.21. The first kappa shape index (κ1) is 15.2. The van der Waals surface area contributed by atoms with Gasteiger partial charge in [-0.05, 0) is 23.0 Å². The van der Waals surface area contributed by atoms with Crippen molar-refractivity contribution in [2.75, 3.05) is 5.73 Å². The van der Waals surface area contributed by atoms with E-state index in [1.165, 1.54) is 0 Å². The fraction of sp³-hybridized carbons (Fsp3) is 0.538.